The van der Waals surface area contributed by atoms with Crippen molar-refractivity contribution < 1.29 is 14.6 Å². The largest absolute Gasteiger partial charge is 0.507 e. The van der Waals surface area contributed by atoms with Crippen molar-refractivity contribution in [1.82, 2.24) is 0 Å². The van der Waals surface area contributed by atoms with Gasteiger partial charge < -0.3 is 14.6 Å². The van der Waals surface area contributed by atoms with E-state index in [9.17, 15) is 5.11 Å². The van der Waals surface area contributed by atoms with Crippen LogP contribution in [-0.4, -0.2) is 16.8 Å². The second-order valence-electron chi connectivity index (χ2n) is 8.53. The maximum Gasteiger partial charge on any atom is 0.130 e. The van der Waals surface area contributed by atoms with E-state index in [0.717, 1.165) is 31.2 Å². The number of aryl methyl sites for hydroxylation is 1. The van der Waals surface area contributed by atoms with Gasteiger partial charge in [0.05, 0.1) is 12.2 Å². The minimum atomic E-state index is -0.379. The third-order valence-electron chi connectivity index (χ3n) is 5.83. The van der Waals surface area contributed by atoms with Gasteiger partial charge in [-0.25, -0.2) is 0 Å². The minimum Gasteiger partial charge on any atom is -0.507 e. The van der Waals surface area contributed by atoms with Crippen LogP contribution >= 0.6 is 0 Å². The number of hydrogen-bond acceptors (Lipinski definition) is 4. The molecule has 3 rings (SSSR count). The summed E-state index contributed by atoms with van der Waals surface area (Å²) in [7, 11) is 0. The molecule has 4 nitrogen and oxygen atoms in total. The molecule has 0 amide bonds. The van der Waals surface area contributed by atoms with Crippen LogP contribution in [0.3, 0.4) is 0 Å². The second-order valence-corrected chi connectivity index (χ2v) is 8.53. The Kier molecular flexibility index (Phi) is 6.69. The fourth-order valence-corrected chi connectivity index (χ4v) is 4.05. The molecular formula is C25H31NO3. The Balaban J connectivity index is 1.62. The summed E-state index contributed by atoms with van der Waals surface area (Å²) in [4.78, 5) is 0. The zero-order valence-corrected chi connectivity index (χ0v) is 17.6. The lowest BCUT2D eigenvalue weighted by Crippen LogP contribution is -2.42. The van der Waals surface area contributed by atoms with Crippen LogP contribution < -0.4 is 9.47 Å². The van der Waals surface area contributed by atoms with Crippen molar-refractivity contribution in [2.24, 2.45) is 5.92 Å². The molecular weight excluding hydrogens is 362 g/mol. The molecule has 2 aromatic carbocycles. The minimum absolute atomic E-state index is 0.0520. The van der Waals surface area contributed by atoms with E-state index in [0.29, 0.717) is 24.3 Å². The number of fused-ring (bicyclic) bond motifs is 1. The normalized spacial score (nSPS) is 18.2. The molecule has 0 saturated carbocycles. The molecule has 1 aliphatic rings. The van der Waals surface area contributed by atoms with Gasteiger partial charge in [-0.2, -0.15) is 5.26 Å². The van der Waals surface area contributed by atoms with E-state index in [1.54, 1.807) is 6.07 Å². The first-order valence-corrected chi connectivity index (χ1v) is 10.5. The van der Waals surface area contributed by atoms with Gasteiger partial charge in [0.25, 0.3) is 0 Å². The van der Waals surface area contributed by atoms with E-state index in [-0.39, 0.29) is 23.4 Å². The topological polar surface area (TPSA) is 62.5 Å². The van der Waals surface area contributed by atoms with Crippen LogP contribution in [0.1, 0.15) is 57.6 Å². The molecule has 0 saturated heterocycles. The molecule has 4 heteroatoms. The number of phenolic OH excluding ortho intramolecular Hbond substituents is 1. The molecule has 0 spiro atoms. The lowest BCUT2D eigenvalue weighted by atomic mass is 9.79. The van der Waals surface area contributed by atoms with Crippen LogP contribution in [0.4, 0.5) is 0 Å². The highest BCUT2D eigenvalue weighted by Crippen LogP contribution is 2.44. The smallest absolute Gasteiger partial charge is 0.130 e. The third-order valence-corrected chi connectivity index (χ3v) is 5.83. The van der Waals surface area contributed by atoms with Gasteiger partial charge in [0.15, 0.2) is 0 Å². The third kappa shape index (κ3) is 5.44. The monoisotopic (exact) mass is 393 g/mol. The molecule has 2 atom stereocenters. The van der Waals surface area contributed by atoms with Crippen LogP contribution in [0.15, 0.2) is 42.5 Å². The first-order valence-electron chi connectivity index (χ1n) is 10.5. The molecule has 0 radical (unpaired) electrons. The summed E-state index contributed by atoms with van der Waals surface area (Å²) in [6, 6.07) is 16.3. The summed E-state index contributed by atoms with van der Waals surface area (Å²) in [5.41, 5.74) is 1.78. The Hall–Kier alpha value is -2.67. The van der Waals surface area contributed by atoms with Crippen molar-refractivity contribution in [3.05, 3.63) is 53.6 Å². The molecule has 0 aromatic heterocycles. The number of nitrogens with zero attached hydrogens (tertiary/aromatic N) is 1. The summed E-state index contributed by atoms with van der Waals surface area (Å²) in [5.74, 6) is 1.74. The average molecular weight is 394 g/mol. The average Bonchev–Trinajstić information content (AvgIpc) is 2.67. The van der Waals surface area contributed by atoms with Crippen molar-refractivity contribution in [2.75, 3.05) is 0 Å². The molecule has 1 heterocycles. The highest BCUT2D eigenvalue weighted by molar-refractivity contribution is 5.51. The summed E-state index contributed by atoms with van der Waals surface area (Å²) in [6.45, 7) is 6.16. The predicted octanol–water partition coefficient (Wildman–Crippen LogP) is 5.82. The lowest BCUT2D eigenvalue weighted by molar-refractivity contribution is 0.0222. The Morgan fingerprint density at radius 3 is 2.76 bits per heavy atom. The van der Waals surface area contributed by atoms with Gasteiger partial charge in [0.2, 0.25) is 0 Å². The number of ether oxygens (including phenoxy) is 2. The molecule has 0 bridgehead atoms. The number of aromatic hydroxyl groups is 1. The van der Waals surface area contributed by atoms with E-state index < -0.39 is 0 Å². The van der Waals surface area contributed by atoms with Crippen molar-refractivity contribution >= 4 is 0 Å². The highest BCUT2D eigenvalue weighted by Gasteiger charge is 2.38. The van der Waals surface area contributed by atoms with E-state index in [1.807, 2.05) is 12.1 Å². The Bertz CT molecular complexity index is 854. The van der Waals surface area contributed by atoms with Gasteiger partial charge in [-0.05, 0) is 58.4 Å². The SMILES string of the molecule is CC(CCCc1ccccc1)Oc1cc(O)c2c(c1)OC(C)(C)C(CCC#N)C2. The highest BCUT2D eigenvalue weighted by atomic mass is 16.5. The van der Waals surface area contributed by atoms with Crippen LogP contribution in [0.5, 0.6) is 17.2 Å². The number of hydrogen-bond donors (Lipinski definition) is 1. The first-order chi connectivity index (χ1) is 13.9. The van der Waals surface area contributed by atoms with Crippen molar-refractivity contribution in [3.63, 3.8) is 0 Å². The molecule has 2 aromatic rings. The van der Waals surface area contributed by atoms with Gasteiger partial charge in [-0.3, -0.25) is 0 Å². The second kappa shape index (κ2) is 9.22. The van der Waals surface area contributed by atoms with Gasteiger partial charge in [-0.15, -0.1) is 0 Å². The standard InChI is InChI=1S/C25H31NO3/c1-18(9-7-12-19-10-5-4-6-11-19)28-21-16-23(27)22-15-20(13-8-14-26)25(2,3)29-24(22)17-21/h4-6,10-11,16-18,20,27H,7-9,12-13,15H2,1-3H3. The molecule has 1 aliphatic heterocycles. The van der Waals surface area contributed by atoms with Gasteiger partial charge in [0, 0.05) is 30.0 Å². The summed E-state index contributed by atoms with van der Waals surface area (Å²) >= 11 is 0. The summed E-state index contributed by atoms with van der Waals surface area (Å²) in [5, 5.41) is 19.5. The number of benzene rings is 2. The fourth-order valence-electron chi connectivity index (χ4n) is 4.05. The number of phenols is 1. The quantitative estimate of drug-likeness (QED) is 0.614. The molecule has 0 aliphatic carbocycles. The zero-order chi connectivity index (χ0) is 20.9. The zero-order valence-electron chi connectivity index (χ0n) is 17.6. The van der Waals surface area contributed by atoms with Gasteiger partial charge in [0.1, 0.15) is 22.8 Å². The molecule has 2 unspecified atom stereocenters. The predicted molar refractivity (Wildman–Crippen MR) is 114 cm³/mol. The van der Waals surface area contributed by atoms with Crippen LogP contribution in [0.2, 0.25) is 0 Å². The van der Waals surface area contributed by atoms with E-state index in [2.05, 4.69) is 51.1 Å². The Morgan fingerprint density at radius 1 is 1.28 bits per heavy atom. The fraction of sp³-hybridized carbons (Fsp3) is 0.480. The molecule has 0 fully saturated rings. The van der Waals surface area contributed by atoms with Gasteiger partial charge >= 0.3 is 0 Å². The van der Waals surface area contributed by atoms with Crippen molar-refractivity contribution in [2.45, 2.75) is 71.0 Å². The van der Waals surface area contributed by atoms with E-state index in [1.165, 1.54) is 5.56 Å². The van der Waals surface area contributed by atoms with E-state index >= 15 is 0 Å². The number of nitriles is 1. The summed E-state index contributed by atoms with van der Waals surface area (Å²) in [6.07, 6.45) is 5.04. The van der Waals surface area contributed by atoms with E-state index in [4.69, 9.17) is 14.7 Å². The van der Waals surface area contributed by atoms with Gasteiger partial charge in [-0.1, -0.05) is 30.3 Å². The lowest BCUT2D eigenvalue weighted by Gasteiger charge is -2.40. The molecule has 1 N–H and O–H groups in total. The molecule has 29 heavy (non-hydrogen) atoms. The maximum atomic E-state index is 10.6. The Labute approximate surface area is 174 Å². The Morgan fingerprint density at radius 2 is 2.03 bits per heavy atom. The maximum absolute atomic E-state index is 10.6. The van der Waals surface area contributed by atoms with Crippen LogP contribution in [0, 0.1) is 17.2 Å². The summed E-state index contributed by atoms with van der Waals surface area (Å²) < 4.78 is 12.3. The first kappa shape index (κ1) is 21.0. The molecule has 154 valence electrons. The van der Waals surface area contributed by atoms with Crippen LogP contribution in [-0.2, 0) is 12.8 Å². The van der Waals surface area contributed by atoms with Crippen LogP contribution in [0.25, 0.3) is 0 Å². The van der Waals surface area contributed by atoms with Crippen molar-refractivity contribution in [3.8, 4) is 23.3 Å². The van der Waals surface area contributed by atoms with Crippen molar-refractivity contribution in [1.29, 1.82) is 5.26 Å². The number of rotatable bonds is 8.